The van der Waals surface area contributed by atoms with Crippen LogP contribution >= 0.6 is 11.3 Å². The van der Waals surface area contributed by atoms with Gasteiger partial charge in [0.05, 0.1) is 12.8 Å². The third kappa shape index (κ3) is 5.12. The number of benzene rings is 2. The van der Waals surface area contributed by atoms with Crippen LogP contribution in [0.2, 0.25) is 0 Å². The van der Waals surface area contributed by atoms with E-state index in [1.165, 1.54) is 6.07 Å². The van der Waals surface area contributed by atoms with Gasteiger partial charge in [0, 0.05) is 27.9 Å². The number of alkyl halides is 3. The van der Waals surface area contributed by atoms with Crippen molar-refractivity contribution < 1.29 is 22.7 Å². The van der Waals surface area contributed by atoms with Crippen LogP contribution < -0.4 is 10.1 Å². The van der Waals surface area contributed by atoms with Gasteiger partial charge in [-0.15, -0.1) is 11.3 Å². The highest BCUT2D eigenvalue weighted by Crippen LogP contribution is 2.41. The molecule has 0 spiro atoms. The summed E-state index contributed by atoms with van der Waals surface area (Å²) in [5, 5.41) is 3.60. The lowest BCUT2D eigenvalue weighted by Gasteiger charge is -2.27. The number of carbonyl (C=O) groups is 1. The monoisotopic (exact) mass is 460 g/mol. The van der Waals surface area contributed by atoms with Crippen molar-refractivity contribution in [1.82, 2.24) is 5.32 Å². The van der Waals surface area contributed by atoms with Crippen molar-refractivity contribution >= 4 is 39.2 Å². The third-order valence-corrected chi connectivity index (χ3v) is 6.79. The van der Waals surface area contributed by atoms with Crippen molar-refractivity contribution in [2.75, 3.05) is 7.11 Å². The molecule has 2 aromatic carbocycles. The number of hydrogen-bond acceptors (Lipinski definition) is 4. The number of halogens is 3. The summed E-state index contributed by atoms with van der Waals surface area (Å²) in [6.45, 7) is 0. The van der Waals surface area contributed by atoms with Crippen molar-refractivity contribution in [2.45, 2.75) is 37.9 Å². The minimum absolute atomic E-state index is 0.0311. The SMILES string of the molecule is COc1ccc(C(=O)NC2CCCC(/C=N/c3cccc4sc(C(F)(F)F)cc34)C2)cc1. The number of aliphatic imine (C=N–C) groups is 1. The highest BCUT2D eigenvalue weighted by Gasteiger charge is 2.33. The molecule has 1 aliphatic carbocycles. The quantitative estimate of drug-likeness (QED) is 0.435. The average Bonchev–Trinajstić information content (AvgIpc) is 3.24. The Morgan fingerprint density at radius 2 is 1.97 bits per heavy atom. The second-order valence-electron chi connectivity index (χ2n) is 7.90. The molecule has 168 valence electrons. The lowest BCUT2D eigenvalue weighted by atomic mass is 9.86. The van der Waals surface area contributed by atoms with Gasteiger partial charge >= 0.3 is 6.18 Å². The fourth-order valence-corrected chi connectivity index (χ4v) is 4.94. The van der Waals surface area contributed by atoms with E-state index in [4.69, 9.17) is 4.74 Å². The van der Waals surface area contributed by atoms with E-state index in [2.05, 4.69) is 10.3 Å². The molecule has 1 fully saturated rings. The number of methoxy groups -OCH3 is 1. The van der Waals surface area contributed by atoms with Crippen molar-refractivity contribution in [3.8, 4) is 5.75 Å². The van der Waals surface area contributed by atoms with Gasteiger partial charge in [0.25, 0.3) is 5.91 Å². The molecule has 0 radical (unpaired) electrons. The van der Waals surface area contributed by atoms with Crippen LogP contribution in [0.15, 0.2) is 53.5 Å². The van der Waals surface area contributed by atoms with Crippen LogP contribution in [-0.4, -0.2) is 25.3 Å². The molecule has 0 saturated heterocycles. The molecule has 0 bridgehead atoms. The molecule has 2 unspecified atom stereocenters. The molecule has 1 aromatic heterocycles. The lowest BCUT2D eigenvalue weighted by molar-refractivity contribution is -0.134. The van der Waals surface area contributed by atoms with E-state index >= 15 is 0 Å². The molecular weight excluding hydrogens is 437 g/mol. The fourth-order valence-electron chi connectivity index (χ4n) is 3.99. The van der Waals surface area contributed by atoms with Gasteiger partial charge in [0.15, 0.2) is 0 Å². The van der Waals surface area contributed by atoms with E-state index in [0.717, 1.165) is 37.0 Å². The number of amides is 1. The van der Waals surface area contributed by atoms with E-state index in [1.807, 2.05) is 6.21 Å². The van der Waals surface area contributed by atoms with Gasteiger partial charge < -0.3 is 10.1 Å². The van der Waals surface area contributed by atoms with E-state index in [9.17, 15) is 18.0 Å². The summed E-state index contributed by atoms with van der Waals surface area (Å²) in [5.41, 5.74) is 1.12. The Bertz CT molecular complexity index is 1120. The number of nitrogens with zero attached hydrogens (tertiary/aromatic N) is 1. The maximum atomic E-state index is 13.1. The largest absolute Gasteiger partial charge is 0.497 e. The van der Waals surface area contributed by atoms with Crippen LogP contribution in [0.4, 0.5) is 18.9 Å². The number of ether oxygens (including phenoxy) is 1. The van der Waals surface area contributed by atoms with Crippen LogP contribution in [0.1, 0.15) is 40.9 Å². The van der Waals surface area contributed by atoms with Crippen molar-refractivity contribution in [2.24, 2.45) is 10.9 Å². The van der Waals surface area contributed by atoms with Gasteiger partial charge in [0.2, 0.25) is 0 Å². The Morgan fingerprint density at radius 3 is 2.69 bits per heavy atom. The summed E-state index contributed by atoms with van der Waals surface area (Å²) in [4.78, 5) is 16.5. The summed E-state index contributed by atoms with van der Waals surface area (Å²) in [6, 6.07) is 13.3. The second kappa shape index (κ2) is 9.32. The summed E-state index contributed by atoms with van der Waals surface area (Å²) in [6.07, 6.45) is 0.992. The molecule has 1 heterocycles. The van der Waals surface area contributed by atoms with Gasteiger partial charge in [-0.2, -0.15) is 13.2 Å². The van der Waals surface area contributed by atoms with Crippen LogP contribution in [0.25, 0.3) is 10.1 Å². The Kier molecular flexibility index (Phi) is 6.50. The van der Waals surface area contributed by atoms with Crippen LogP contribution in [-0.2, 0) is 6.18 Å². The van der Waals surface area contributed by atoms with Crippen LogP contribution in [0.3, 0.4) is 0 Å². The lowest BCUT2D eigenvalue weighted by Crippen LogP contribution is -2.38. The molecule has 1 N–H and O–H groups in total. The predicted octanol–water partition coefficient (Wildman–Crippen LogP) is 6.62. The van der Waals surface area contributed by atoms with Gasteiger partial charge in [-0.1, -0.05) is 12.5 Å². The molecule has 0 aliphatic heterocycles. The van der Waals surface area contributed by atoms with Gasteiger partial charge in [0.1, 0.15) is 10.6 Å². The van der Waals surface area contributed by atoms with Gasteiger partial charge in [-0.3, -0.25) is 9.79 Å². The zero-order chi connectivity index (χ0) is 22.7. The minimum atomic E-state index is -4.36. The topological polar surface area (TPSA) is 50.7 Å². The van der Waals surface area contributed by atoms with Crippen molar-refractivity contribution in [3.63, 3.8) is 0 Å². The average molecular weight is 461 g/mol. The normalized spacial score (nSPS) is 19.4. The zero-order valence-electron chi connectivity index (χ0n) is 17.5. The molecular formula is C24H23F3N2O2S. The van der Waals surface area contributed by atoms with E-state index in [-0.39, 0.29) is 17.9 Å². The van der Waals surface area contributed by atoms with Gasteiger partial charge in [-0.25, -0.2) is 0 Å². The van der Waals surface area contributed by atoms with Crippen molar-refractivity contribution in [1.29, 1.82) is 0 Å². The Labute approximate surface area is 188 Å². The Hall–Kier alpha value is -2.87. The van der Waals surface area contributed by atoms with Crippen LogP contribution in [0.5, 0.6) is 5.75 Å². The molecule has 4 rings (SSSR count). The van der Waals surface area contributed by atoms with Gasteiger partial charge in [-0.05, 0) is 67.6 Å². The van der Waals surface area contributed by atoms with E-state index < -0.39 is 11.1 Å². The summed E-state index contributed by atoms with van der Waals surface area (Å²) < 4.78 is 44.9. The fraction of sp³-hybridized carbons (Fsp3) is 0.333. The molecule has 3 aromatic rings. The highest BCUT2D eigenvalue weighted by molar-refractivity contribution is 7.19. The molecule has 2 atom stereocenters. The number of thiophene rings is 1. The number of carbonyl (C=O) groups excluding carboxylic acids is 1. The number of hydrogen-bond donors (Lipinski definition) is 1. The first-order valence-electron chi connectivity index (χ1n) is 10.4. The van der Waals surface area contributed by atoms with Crippen molar-refractivity contribution in [3.05, 3.63) is 59.0 Å². The first-order chi connectivity index (χ1) is 15.3. The Balaban J connectivity index is 1.42. The summed E-state index contributed by atoms with van der Waals surface area (Å²) in [7, 11) is 1.58. The van der Waals surface area contributed by atoms with E-state index in [0.29, 0.717) is 27.1 Å². The maximum Gasteiger partial charge on any atom is 0.425 e. The predicted molar refractivity (Wildman–Crippen MR) is 121 cm³/mol. The molecule has 32 heavy (non-hydrogen) atoms. The van der Waals surface area contributed by atoms with E-state index in [1.54, 1.807) is 49.6 Å². The van der Waals surface area contributed by atoms with Crippen LogP contribution in [0, 0.1) is 5.92 Å². The number of fused-ring (bicyclic) bond motifs is 1. The molecule has 1 aliphatic rings. The smallest absolute Gasteiger partial charge is 0.425 e. The molecule has 1 saturated carbocycles. The first-order valence-corrected chi connectivity index (χ1v) is 11.2. The number of rotatable bonds is 5. The number of nitrogens with one attached hydrogen (secondary N) is 1. The summed E-state index contributed by atoms with van der Waals surface area (Å²) >= 11 is 0.733. The third-order valence-electron chi connectivity index (χ3n) is 5.64. The first kappa shape index (κ1) is 22.3. The summed E-state index contributed by atoms with van der Waals surface area (Å²) in [5.74, 6) is 0.720. The second-order valence-corrected chi connectivity index (χ2v) is 8.98. The standard InChI is InChI=1S/C24H23F3N2O2S/c1-31-18-10-8-16(9-11-18)23(30)29-17-5-2-4-15(12-17)14-28-20-6-3-7-21-19(20)13-22(32-21)24(25,26)27/h3,6-11,13-15,17H,2,4-5,12H2,1H3,(H,29,30)/b28-14+. The molecule has 8 heteroatoms. The highest BCUT2D eigenvalue weighted by atomic mass is 32.1. The Morgan fingerprint density at radius 1 is 1.19 bits per heavy atom. The zero-order valence-corrected chi connectivity index (χ0v) is 18.3. The maximum absolute atomic E-state index is 13.1. The minimum Gasteiger partial charge on any atom is -0.497 e. The molecule has 1 amide bonds. The molecule has 4 nitrogen and oxygen atoms in total.